The lowest BCUT2D eigenvalue weighted by Gasteiger charge is -2.13. The van der Waals surface area contributed by atoms with Crippen molar-refractivity contribution in [1.82, 2.24) is 9.55 Å². The van der Waals surface area contributed by atoms with Gasteiger partial charge >= 0.3 is 0 Å². The van der Waals surface area contributed by atoms with Crippen molar-refractivity contribution in [3.63, 3.8) is 0 Å². The highest BCUT2D eigenvalue weighted by atomic mass is 79.9. The first-order chi connectivity index (χ1) is 13.9. The maximum atomic E-state index is 13.3. The number of para-hydroxylation sites is 1. The molecule has 0 aliphatic rings. The summed E-state index contributed by atoms with van der Waals surface area (Å²) in [6.45, 7) is 0. The molecule has 4 aromatic rings. The molecule has 1 heterocycles. The van der Waals surface area contributed by atoms with Crippen LogP contribution in [0.4, 0.5) is 0 Å². The van der Waals surface area contributed by atoms with Crippen LogP contribution in [0.5, 0.6) is 0 Å². The highest BCUT2D eigenvalue weighted by molar-refractivity contribution is 9.11. The van der Waals surface area contributed by atoms with Crippen LogP contribution in [0.3, 0.4) is 0 Å². The number of aromatic nitrogens is 2. The number of benzene rings is 3. The fraction of sp³-hybridized carbons (Fsp3) is 0. The van der Waals surface area contributed by atoms with Crippen molar-refractivity contribution in [2.75, 3.05) is 0 Å². The molecule has 0 atom stereocenters. The second kappa shape index (κ2) is 8.44. The van der Waals surface area contributed by atoms with Crippen LogP contribution < -0.4 is 5.56 Å². The fourth-order valence-electron chi connectivity index (χ4n) is 2.95. The van der Waals surface area contributed by atoms with Crippen LogP contribution in [-0.2, 0) is 0 Å². The first-order valence-corrected chi connectivity index (χ1v) is 10.9. The Kier molecular flexibility index (Phi) is 5.93. The minimum Gasteiger partial charge on any atom is -0.268 e. The minimum absolute atomic E-state index is 0.156. The Morgan fingerprint density at radius 2 is 1.72 bits per heavy atom. The summed E-state index contributed by atoms with van der Waals surface area (Å²) in [4.78, 5) is 18.1. The average molecular weight is 551 g/mol. The largest absolute Gasteiger partial charge is 0.268 e. The smallest absolute Gasteiger partial charge is 0.266 e. The van der Waals surface area contributed by atoms with E-state index in [1.165, 1.54) is 0 Å². The first kappa shape index (κ1) is 20.4. The summed E-state index contributed by atoms with van der Waals surface area (Å²) in [6, 6.07) is 18.2. The molecule has 0 N–H and O–H groups in total. The lowest BCUT2D eigenvalue weighted by molar-refractivity contribution is 0.938. The number of fused-ring (bicyclic) bond motifs is 1. The van der Waals surface area contributed by atoms with E-state index in [4.69, 9.17) is 28.2 Å². The van der Waals surface area contributed by atoms with Crippen LogP contribution in [0, 0.1) is 0 Å². The molecular weight excluding hydrogens is 539 g/mol. The molecule has 0 bridgehead atoms. The highest BCUT2D eigenvalue weighted by Gasteiger charge is 2.14. The fourth-order valence-corrected chi connectivity index (χ4v) is 4.20. The van der Waals surface area contributed by atoms with E-state index in [0.29, 0.717) is 32.5 Å². The molecule has 0 aliphatic heterocycles. The SMILES string of the molecule is O=c1c2ccccc2nc(/C=C/c2ccc(Cl)cc2Cl)n1-c1cc(Br)ccc1Br. The van der Waals surface area contributed by atoms with E-state index in [9.17, 15) is 4.79 Å². The molecule has 4 rings (SSSR count). The summed E-state index contributed by atoms with van der Waals surface area (Å²) in [6.07, 6.45) is 3.59. The molecule has 144 valence electrons. The van der Waals surface area contributed by atoms with Crippen molar-refractivity contribution in [2.45, 2.75) is 0 Å². The number of nitrogens with zero attached hydrogens (tertiary/aromatic N) is 2. The Labute approximate surface area is 193 Å². The van der Waals surface area contributed by atoms with Gasteiger partial charge in [0, 0.05) is 19.0 Å². The van der Waals surface area contributed by atoms with Crippen molar-refractivity contribution >= 4 is 78.1 Å². The summed E-state index contributed by atoms with van der Waals surface area (Å²) < 4.78 is 3.21. The number of halogens is 4. The Balaban J connectivity index is 1.98. The summed E-state index contributed by atoms with van der Waals surface area (Å²) in [5, 5.41) is 1.62. The lowest BCUT2D eigenvalue weighted by Crippen LogP contribution is -2.22. The quantitative estimate of drug-likeness (QED) is 0.266. The predicted octanol–water partition coefficient (Wildman–Crippen LogP) is 7.39. The van der Waals surface area contributed by atoms with Gasteiger partial charge in [0.15, 0.2) is 0 Å². The van der Waals surface area contributed by atoms with Crippen LogP contribution in [0.2, 0.25) is 10.0 Å². The second-order valence-electron chi connectivity index (χ2n) is 6.22. The summed E-state index contributed by atoms with van der Waals surface area (Å²) in [7, 11) is 0. The number of hydrogen-bond donors (Lipinski definition) is 0. The van der Waals surface area contributed by atoms with E-state index >= 15 is 0 Å². The molecule has 3 aromatic carbocycles. The Bertz CT molecular complexity index is 1330. The van der Waals surface area contributed by atoms with Crippen LogP contribution in [0.15, 0.2) is 74.4 Å². The molecule has 1 aromatic heterocycles. The molecule has 0 spiro atoms. The van der Waals surface area contributed by atoms with Crippen LogP contribution in [0.1, 0.15) is 11.4 Å². The van der Waals surface area contributed by atoms with E-state index in [2.05, 4.69) is 31.9 Å². The first-order valence-electron chi connectivity index (χ1n) is 8.54. The third-order valence-corrected chi connectivity index (χ3v) is 6.05. The van der Waals surface area contributed by atoms with Gasteiger partial charge in [-0.1, -0.05) is 57.3 Å². The molecule has 0 saturated heterocycles. The van der Waals surface area contributed by atoms with Crippen LogP contribution >= 0.6 is 55.1 Å². The van der Waals surface area contributed by atoms with Crippen molar-refractivity contribution < 1.29 is 0 Å². The average Bonchev–Trinajstić information content (AvgIpc) is 2.70. The maximum absolute atomic E-state index is 13.3. The molecule has 0 unspecified atom stereocenters. The van der Waals surface area contributed by atoms with Crippen molar-refractivity contribution in [1.29, 1.82) is 0 Å². The van der Waals surface area contributed by atoms with E-state index in [-0.39, 0.29) is 5.56 Å². The number of hydrogen-bond acceptors (Lipinski definition) is 2. The predicted molar refractivity (Wildman–Crippen MR) is 128 cm³/mol. The molecule has 0 radical (unpaired) electrons. The normalized spacial score (nSPS) is 11.4. The molecule has 7 heteroatoms. The van der Waals surface area contributed by atoms with Gasteiger partial charge < -0.3 is 0 Å². The zero-order chi connectivity index (χ0) is 20.5. The van der Waals surface area contributed by atoms with E-state index in [0.717, 1.165) is 14.5 Å². The maximum Gasteiger partial charge on any atom is 0.266 e. The molecular formula is C22H12Br2Cl2N2O. The summed E-state index contributed by atoms with van der Waals surface area (Å²) in [5.41, 5.74) is 1.93. The van der Waals surface area contributed by atoms with Gasteiger partial charge in [0.2, 0.25) is 0 Å². The molecule has 0 amide bonds. The Morgan fingerprint density at radius 3 is 2.52 bits per heavy atom. The number of rotatable bonds is 3. The van der Waals surface area contributed by atoms with Crippen LogP contribution in [-0.4, -0.2) is 9.55 Å². The lowest BCUT2D eigenvalue weighted by atomic mass is 10.2. The molecule has 29 heavy (non-hydrogen) atoms. The van der Waals surface area contributed by atoms with Gasteiger partial charge in [-0.2, -0.15) is 0 Å². The summed E-state index contributed by atoms with van der Waals surface area (Å²) >= 11 is 19.3. The van der Waals surface area contributed by atoms with E-state index in [1.807, 2.05) is 48.5 Å². The molecule has 0 saturated carbocycles. The van der Waals surface area contributed by atoms with Crippen molar-refractivity contribution in [3.8, 4) is 5.69 Å². The molecule has 0 fully saturated rings. The van der Waals surface area contributed by atoms with Crippen molar-refractivity contribution in [2.24, 2.45) is 0 Å². The van der Waals surface area contributed by atoms with E-state index in [1.54, 1.807) is 28.8 Å². The topological polar surface area (TPSA) is 34.9 Å². The Morgan fingerprint density at radius 1 is 0.931 bits per heavy atom. The third-order valence-electron chi connectivity index (χ3n) is 4.33. The zero-order valence-corrected chi connectivity index (χ0v) is 19.4. The minimum atomic E-state index is -0.156. The van der Waals surface area contributed by atoms with Gasteiger partial charge in [0.1, 0.15) is 5.82 Å². The third kappa shape index (κ3) is 4.19. The van der Waals surface area contributed by atoms with Gasteiger partial charge in [0.05, 0.1) is 16.6 Å². The van der Waals surface area contributed by atoms with Gasteiger partial charge in [-0.25, -0.2) is 4.98 Å². The van der Waals surface area contributed by atoms with Gasteiger partial charge in [-0.15, -0.1) is 0 Å². The standard InChI is InChI=1S/C22H12Br2Cl2N2O/c23-14-7-9-17(24)20(11-14)28-21(10-6-13-5-8-15(25)12-18(13)26)27-19-4-2-1-3-16(19)22(28)29/h1-12H/b10-6+. The van der Waals surface area contributed by atoms with Crippen molar-refractivity contribution in [3.05, 3.63) is 101 Å². The van der Waals surface area contributed by atoms with E-state index < -0.39 is 0 Å². The van der Waals surface area contributed by atoms with Gasteiger partial charge in [0.25, 0.3) is 5.56 Å². The van der Waals surface area contributed by atoms with Crippen LogP contribution in [0.25, 0.3) is 28.7 Å². The van der Waals surface area contributed by atoms with Gasteiger partial charge in [-0.05, 0) is 76.1 Å². The highest BCUT2D eigenvalue weighted by Crippen LogP contribution is 2.27. The Hall–Kier alpha value is -1.92. The monoisotopic (exact) mass is 548 g/mol. The summed E-state index contributed by atoms with van der Waals surface area (Å²) in [5.74, 6) is 0.485. The zero-order valence-electron chi connectivity index (χ0n) is 14.7. The second-order valence-corrected chi connectivity index (χ2v) is 8.84. The molecule has 3 nitrogen and oxygen atoms in total. The van der Waals surface area contributed by atoms with Gasteiger partial charge in [-0.3, -0.25) is 9.36 Å². The molecule has 0 aliphatic carbocycles.